The van der Waals surface area contributed by atoms with Gasteiger partial charge in [0.15, 0.2) is 11.6 Å². The predicted molar refractivity (Wildman–Crippen MR) is 126 cm³/mol. The normalized spacial score (nSPS) is 28.4. The van der Waals surface area contributed by atoms with Gasteiger partial charge in [-0.15, -0.1) is 0 Å². The van der Waals surface area contributed by atoms with Crippen molar-refractivity contribution < 1.29 is 29.0 Å². The lowest BCUT2D eigenvalue weighted by Crippen LogP contribution is -2.39. The molecule has 176 valence electrons. The van der Waals surface area contributed by atoms with Crippen molar-refractivity contribution in [3.05, 3.63) is 57.1 Å². The molecular formula is C26H24BrNO6. The maximum atomic E-state index is 13.4. The quantitative estimate of drug-likeness (QED) is 0.366. The summed E-state index contributed by atoms with van der Waals surface area (Å²) in [7, 11) is 1.48. The average molecular weight is 526 g/mol. The molecule has 1 aliphatic heterocycles. The molecule has 1 fully saturated rings. The largest absolute Gasteiger partial charge is 0.507 e. The first-order valence-electron chi connectivity index (χ1n) is 11.4. The Kier molecular flexibility index (Phi) is 5.59. The number of nitrogens with zero attached hydrogens (tertiary/aromatic N) is 1. The van der Waals surface area contributed by atoms with E-state index in [4.69, 9.17) is 4.74 Å². The molecule has 1 aromatic rings. The highest BCUT2D eigenvalue weighted by molar-refractivity contribution is 9.12. The fourth-order valence-electron chi connectivity index (χ4n) is 6.05. The summed E-state index contributed by atoms with van der Waals surface area (Å²) in [5.41, 5.74) is 1.80. The summed E-state index contributed by atoms with van der Waals surface area (Å²) in [6.45, 7) is 2.28. The van der Waals surface area contributed by atoms with Crippen molar-refractivity contribution >= 4 is 39.3 Å². The van der Waals surface area contributed by atoms with Crippen LogP contribution in [0.4, 0.5) is 0 Å². The topological polar surface area (TPSA) is 101 Å². The van der Waals surface area contributed by atoms with E-state index in [2.05, 4.69) is 15.9 Å². The first-order chi connectivity index (χ1) is 16.3. The first-order valence-corrected chi connectivity index (χ1v) is 12.2. The lowest BCUT2D eigenvalue weighted by Gasteiger charge is -2.42. The number of amides is 2. The molecule has 1 heterocycles. The van der Waals surface area contributed by atoms with Gasteiger partial charge in [0.05, 0.1) is 23.4 Å². The molecule has 5 rings (SSSR count). The number of hydrogen-bond acceptors (Lipinski definition) is 6. The van der Waals surface area contributed by atoms with E-state index < -0.39 is 23.7 Å². The van der Waals surface area contributed by atoms with E-state index in [1.54, 1.807) is 12.1 Å². The van der Waals surface area contributed by atoms with Crippen LogP contribution in [0.25, 0.3) is 0 Å². The number of fused-ring (bicyclic) bond motifs is 3. The number of carbonyl (C=O) groups is 4. The minimum Gasteiger partial charge on any atom is -0.507 e. The highest BCUT2D eigenvalue weighted by Crippen LogP contribution is 2.57. The predicted octanol–water partition coefficient (Wildman–Crippen LogP) is 3.57. The molecule has 8 heteroatoms. The third-order valence-electron chi connectivity index (χ3n) is 7.42. The number of ether oxygens (including phenoxy) is 1. The molecule has 7 nitrogen and oxygen atoms in total. The van der Waals surface area contributed by atoms with Gasteiger partial charge in [-0.05, 0) is 53.2 Å². The van der Waals surface area contributed by atoms with Crippen molar-refractivity contribution in [3.63, 3.8) is 0 Å². The van der Waals surface area contributed by atoms with Crippen LogP contribution in [0.15, 0.2) is 51.6 Å². The first kappa shape index (κ1) is 22.8. The standard InChI is InChI=1S/C26H24BrNO6/c1-3-9-28-25(32)13-8-7-12-14(20(13)26(28)33)10-15-21(18(30)11-16(27)24(15)31)22(12)23-17(29)5-4-6-19(23)34-2/h4-7,11,13-14,20,22,29H,3,8-10H2,1-2H3/t13-,14+,20-,22-/m0/s1. The third kappa shape index (κ3) is 3.15. The SMILES string of the molecule is CCCN1C(=O)[C@H]2[C@H](CC=C3[C@H](c4c(O)cccc4OC)C4=C(C[C@H]32)C(=O)C(Br)=CC4=O)C1=O. The van der Waals surface area contributed by atoms with Crippen LogP contribution in [0.5, 0.6) is 11.5 Å². The Labute approximate surface area is 205 Å². The van der Waals surface area contributed by atoms with Gasteiger partial charge in [-0.2, -0.15) is 0 Å². The fraction of sp³-hybridized carbons (Fsp3) is 0.385. The molecule has 0 aromatic heterocycles. The summed E-state index contributed by atoms with van der Waals surface area (Å²) >= 11 is 3.21. The highest BCUT2D eigenvalue weighted by atomic mass is 79.9. The molecule has 1 N–H and O–H groups in total. The number of allylic oxidation sites excluding steroid dienone is 6. The minimum atomic E-state index is -0.748. The molecule has 4 aliphatic rings. The van der Waals surface area contributed by atoms with Gasteiger partial charge in [0, 0.05) is 35.2 Å². The summed E-state index contributed by atoms with van der Waals surface area (Å²) in [6, 6.07) is 4.85. The number of likely N-dealkylation sites (tertiary alicyclic amines) is 1. The van der Waals surface area contributed by atoms with E-state index in [-0.39, 0.29) is 40.0 Å². The van der Waals surface area contributed by atoms with Crippen molar-refractivity contribution in [1.82, 2.24) is 4.90 Å². The molecule has 2 amide bonds. The molecule has 0 unspecified atom stereocenters. The Morgan fingerprint density at radius 3 is 2.62 bits per heavy atom. The fourth-order valence-corrected chi connectivity index (χ4v) is 6.49. The number of benzene rings is 1. The number of Topliss-reactive ketones (excluding diaryl/α,β-unsaturated/α-hetero) is 1. The Balaban J connectivity index is 1.72. The van der Waals surface area contributed by atoms with E-state index in [1.165, 1.54) is 24.2 Å². The maximum Gasteiger partial charge on any atom is 0.233 e. The van der Waals surface area contributed by atoms with E-state index in [9.17, 15) is 24.3 Å². The number of methoxy groups -OCH3 is 1. The zero-order valence-electron chi connectivity index (χ0n) is 18.8. The number of rotatable bonds is 4. The van der Waals surface area contributed by atoms with Gasteiger partial charge < -0.3 is 9.84 Å². The highest BCUT2D eigenvalue weighted by Gasteiger charge is 2.56. The number of imide groups is 1. The van der Waals surface area contributed by atoms with Crippen LogP contribution in [0, 0.1) is 17.8 Å². The van der Waals surface area contributed by atoms with Gasteiger partial charge in [0.2, 0.25) is 11.8 Å². The maximum absolute atomic E-state index is 13.4. The molecule has 1 aromatic carbocycles. The van der Waals surface area contributed by atoms with Crippen molar-refractivity contribution in [2.75, 3.05) is 13.7 Å². The summed E-state index contributed by atoms with van der Waals surface area (Å²) < 4.78 is 5.70. The minimum absolute atomic E-state index is 0.0600. The lowest BCUT2D eigenvalue weighted by molar-refractivity contribution is -0.140. The molecule has 4 atom stereocenters. The Hall–Kier alpha value is -3.00. The van der Waals surface area contributed by atoms with Crippen LogP contribution < -0.4 is 4.74 Å². The molecule has 3 aliphatic carbocycles. The van der Waals surface area contributed by atoms with Crippen molar-refractivity contribution in [2.24, 2.45) is 17.8 Å². The summed E-state index contributed by atoms with van der Waals surface area (Å²) in [5.74, 6) is -2.94. The van der Waals surface area contributed by atoms with Crippen molar-refractivity contribution in [1.29, 1.82) is 0 Å². The van der Waals surface area contributed by atoms with Gasteiger partial charge in [0.25, 0.3) is 0 Å². The second kappa shape index (κ2) is 8.34. The zero-order chi connectivity index (χ0) is 24.3. The zero-order valence-corrected chi connectivity index (χ0v) is 20.4. The van der Waals surface area contributed by atoms with E-state index >= 15 is 0 Å². The number of ketones is 2. The van der Waals surface area contributed by atoms with Gasteiger partial charge in [-0.25, -0.2) is 0 Å². The Morgan fingerprint density at radius 2 is 1.91 bits per heavy atom. The van der Waals surface area contributed by atoms with Crippen molar-refractivity contribution in [2.45, 2.75) is 32.1 Å². The molecule has 1 saturated heterocycles. The summed E-state index contributed by atoms with van der Waals surface area (Å²) in [5, 5.41) is 10.9. The number of phenolic OH excluding ortho intramolecular Hbond substituents is 1. The van der Waals surface area contributed by atoms with Crippen LogP contribution in [0.1, 0.15) is 37.7 Å². The second-order valence-electron chi connectivity index (χ2n) is 9.11. The number of halogens is 1. The second-order valence-corrected chi connectivity index (χ2v) is 9.97. The number of hydrogen-bond donors (Lipinski definition) is 1. The number of phenols is 1. The average Bonchev–Trinajstić information content (AvgIpc) is 3.06. The Morgan fingerprint density at radius 1 is 1.15 bits per heavy atom. The summed E-state index contributed by atoms with van der Waals surface area (Å²) in [4.78, 5) is 54.2. The molecule has 0 spiro atoms. The van der Waals surface area contributed by atoms with E-state index in [0.717, 1.165) is 5.57 Å². The van der Waals surface area contributed by atoms with Gasteiger partial charge in [-0.3, -0.25) is 24.1 Å². The molecule has 34 heavy (non-hydrogen) atoms. The number of aromatic hydroxyl groups is 1. The smallest absolute Gasteiger partial charge is 0.233 e. The molecular weight excluding hydrogens is 502 g/mol. The number of carbonyl (C=O) groups excluding carboxylic acids is 4. The Bertz CT molecular complexity index is 1240. The van der Waals surface area contributed by atoms with Crippen LogP contribution in [-0.2, 0) is 19.2 Å². The summed E-state index contributed by atoms with van der Waals surface area (Å²) in [6.07, 6.45) is 4.43. The monoisotopic (exact) mass is 525 g/mol. The van der Waals surface area contributed by atoms with E-state index in [0.29, 0.717) is 41.8 Å². The molecule has 0 saturated carbocycles. The lowest BCUT2D eigenvalue weighted by atomic mass is 9.59. The van der Waals surface area contributed by atoms with Crippen molar-refractivity contribution in [3.8, 4) is 11.5 Å². The van der Waals surface area contributed by atoms with Gasteiger partial charge in [-0.1, -0.05) is 24.6 Å². The van der Waals surface area contributed by atoms with Gasteiger partial charge >= 0.3 is 0 Å². The molecule has 0 radical (unpaired) electrons. The molecule has 0 bridgehead atoms. The van der Waals surface area contributed by atoms with Gasteiger partial charge in [0.1, 0.15) is 11.5 Å². The van der Waals surface area contributed by atoms with Crippen LogP contribution in [0.2, 0.25) is 0 Å². The van der Waals surface area contributed by atoms with Crippen LogP contribution >= 0.6 is 15.9 Å². The van der Waals surface area contributed by atoms with Crippen LogP contribution in [-0.4, -0.2) is 47.0 Å². The van der Waals surface area contributed by atoms with Crippen LogP contribution in [0.3, 0.4) is 0 Å². The van der Waals surface area contributed by atoms with E-state index in [1.807, 2.05) is 13.0 Å². The third-order valence-corrected chi connectivity index (χ3v) is 8.01.